The molecule has 2 N–H and O–H groups in total. The van der Waals surface area contributed by atoms with E-state index in [2.05, 4.69) is 0 Å². The summed E-state index contributed by atoms with van der Waals surface area (Å²) in [4.78, 5) is 20.1. The van der Waals surface area contributed by atoms with E-state index < -0.39 is 11.9 Å². The molecule has 0 fully saturated rings. The van der Waals surface area contributed by atoms with Crippen molar-refractivity contribution in [1.82, 2.24) is 0 Å². The van der Waals surface area contributed by atoms with Gasteiger partial charge in [-0.1, -0.05) is 12.8 Å². The smallest absolute Gasteiger partial charge is 0.303 e. The van der Waals surface area contributed by atoms with E-state index in [1.165, 1.54) is 0 Å². The first-order chi connectivity index (χ1) is 5.63. The van der Waals surface area contributed by atoms with Crippen molar-refractivity contribution in [3.63, 3.8) is 0 Å². The van der Waals surface area contributed by atoms with E-state index in [-0.39, 0.29) is 25.2 Å². The number of hydrogen-bond acceptors (Lipinski definition) is 2. The average molecular weight is 211 g/mol. The van der Waals surface area contributed by atoms with Crippen LogP contribution in [-0.4, -0.2) is 22.2 Å². The molecule has 0 aliphatic carbocycles. The second-order valence-electron chi connectivity index (χ2n) is 2.70. The van der Waals surface area contributed by atoms with Gasteiger partial charge in [0, 0.05) is 12.8 Å². The van der Waals surface area contributed by atoms with E-state index in [4.69, 9.17) is 10.2 Å². The number of carbonyl (C=O) groups is 2. The summed E-state index contributed by atoms with van der Waals surface area (Å²) in [5.41, 5.74) is 0. The molecule has 0 radical (unpaired) electrons. The van der Waals surface area contributed by atoms with Crippen molar-refractivity contribution in [3.05, 3.63) is 0 Å². The highest BCUT2D eigenvalue weighted by atomic mass is 35.5. The van der Waals surface area contributed by atoms with Crippen molar-refractivity contribution >= 4 is 24.3 Å². The maximum absolute atomic E-state index is 10.0. The molecule has 0 aliphatic rings. The highest BCUT2D eigenvalue weighted by Crippen LogP contribution is 2.04. The standard InChI is InChI=1S/C8H14O4.ClH/c9-7(10)5-3-1-2-4-6-8(11)12;/h1-6H2,(H,9,10)(H,11,12);1H. The molecule has 78 valence electrons. The van der Waals surface area contributed by atoms with Crippen LogP contribution < -0.4 is 0 Å². The molecule has 0 aromatic heterocycles. The molecule has 0 spiro atoms. The molecule has 13 heavy (non-hydrogen) atoms. The van der Waals surface area contributed by atoms with Crippen molar-refractivity contribution in [2.45, 2.75) is 38.5 Å². The molecule has 0 aromatic rings. The zero-order valence-electron chi connectivity index (χ0n) is 7.36. The number of hydrogen-bond donors (Lipinski definition) is 2. The van der Waals surface area contributed by atoms with Gasteiger partial charge in [-0.05, 0) is 12.8 Å². The summed E-state index contributed by atoms with van der Waals surface area (Å²) in [6, 6.07) is 0. The molecule has 0 unspecified atom stereocenters. The highest BCUT2D eigenvalue weighted by molar-refractivity contribution is 5.85. The van der Waals surface area contributed by atoms with Crippen molar-refractivity contribution in [2.75, 3.05) is 0 Å². The number of aliphatic carboxylic acids is 2. The van der Waals surface area contributed by atoms with Crippen LogP contribution in [0.3, 0.4) is 0 Å². The van der Waals surface area contributed by atoms with Gasteiger partial charge in [0.05, 0.1) is 0 Å². The van der Waals surface area contributed by atoms with Crippen LogP contribution in [0.4, 0.5) is 0 Å². The minimum Gasteiger partial charge on any atom is -0.481 e. The fraction of sp³-hybridized carbons (Fsp3) is 0.750. The fourth-order valence-corrected chi connectivity index (χ4v) is 0.906. The van der Waals surface area contributed by atoms with Crippen molar-refractivity contribution in [2.24, 2.45) is 0 Å². The zero-order valence-corrected chi connectivity index (χ0v) is 8.18. The van der Waals surface area contributed by atoms with Crippen LogP contribution in [-0.2, 0) is 9.59 Å². The first-order valence-corrected chi connectivity index (χ1v) is 4.06. The third-order valence-electron chi connectivity index (χ3n) is 1.53. The monoisotopic (exact) mass is 210 g/mol. The van der Waals surface area contributed by atoms with Crippen molar-refractivity contribution in [1.29, 1.82) is 0 Å². The lowest BCUT2D eigenvalue weighted by molar-refractivity contribution is -0.138. The molecule has 0 heterocycles. The van der Waals surface area contributed by atoms with E-state index in [9.17, 15) is 9.59 Å². The number of rotatable bonds is 7. The zero-order chi connectivity index (χ0) is 9.40. The van der Waals surface area contributed by atoms with Gasteiger partial charge in [-0.3, -0.25) is 9.59 Å². The van der Waals surface area contributed by atoms with Crippen molar-refractivity contribution < 1.29 is 19.8 Å². The van der Waals surface area contributed by atoms with E-state index in [1.807, 2.05) is 0 Å². The molecule has 0 amide bonds. The summed E-state index contributed by atoms with van der Waals surface area (Å²) >= 11 is 0. The average Bonchev–Trinajstić information content (AvgIpc) is 1.95. The first-order valence-electron chi connectivity index (χ1n) is 4.06. The van der Waals surface area contributed by atoms with Gasteiger partial charge in [0.2, 0.25) is 0 Å². The molecular formula is C8H15ClO4. The minimum atomic E-state index is -0.784. The summed E-state index contributed by atoms with van der Waals surface area (Å²) in [5, 5.41) is 16.5. The number of carboxylic acid groups (broad SMARTS) is 2. The number of carboxylic acids is 2. The van der Waals surface area contributed by atoms with Crippen LogP contribution in [0.5, 0.6) is 0 Å². The minimum absolute atomic E-state index is 0. The Kier molecular flexibility index (Phi) is 10.6. The number of unbranched alkanes of at least 4 members (excludes halogenated alkanes) is 3. The van der Waals surface area contributed by atoms with E-state index in [1.54, 1.807) is 0 Å². The maximum atomic E-state index is 10.0. The Labute approximate surface area is 83.4 Å². The third kappa shape index (κ3) is 14.1. The molecule has 0 atom stereocenters. The van der Waals surface area contributed by atoms with Gasteiger partial charge in [-0.2, -0.15) is 0 Å². The van der Waals surface area contributed by atoms with Crippen LogP contribution in [0.25, 0.3) is 0 Å². The van der Waals surface area contributed by atoms with E-state index >= 15 is 0 Å². The highest BCUT2D eigenvalue weighted by Gasteiger charge is 1.98. The fourth-order valence-electron chi connectivity index (χ4n) is 0.906. The van der Waals surface area contributed by atoms with E-state index in [0.29, 0.717) is 12.8 Å². The largest absolute Gasteiger partial charge is 0.481 e. The second-order valence-corrected chi connectivity index (χ2v) is 2.70. The van der Waals surface area contributed by atoms with Gasteiger partial charge in [0.1, 0.15) is 0 Å². The lowest BCUT2D eigenvalue weighted by Crippen LogP contribution is -1.95. The van der Waals surface area contributed by atoms with Crippen molar-refractivity contribution in [3.8, 4) is 0 Å². The van der Waals surface area contributed by atoms with Gasteiger partial charge >= 0.3 is 11.9 Å². The Morgan fingerprint density at radius 2 is 1.08 bits per heavy atom. The Hall–Kier alpha value is -0.770. The molecular weight excluding hydrogens is 196 g/mol. The summed E-state index contributed by atoms with van der Waals surface area (Å²) in [7, 11) is 0. The lowest BCUT2D eigenvalue weighted by Gasteiger charge is -1.96. The second kappa shape index (κ2) is 9.32. The Balaban J connectivity index is 0. The third-order valence-corrected chi connectivity index (χ3v) is 1.53. The summed E-state index contributed by atoms with van der Waals surface area (Å²) in [5.74, 6) is -1.57. The normalized spacial score (nSPS) is 8.92. The Morgan fingerprint density at radius 3 is 1.31 bits per heavy atom. The SMILES string of the molecule is Cl.O=C(O)CCCCCCC(=O)O. The van der Waals surface area contributed by atoms with Crippen LogP contribution >= 0.6 is 12.4 Å². The predicted octanol–water partition coefficient (Wildman–Crippen LogP) is 1.92. The summed E-state index contributed by atoms with van der Waals surface area (Å²) < 4.78 is 0. The maximum Gasteiger partial charge on any atom is 0.303 e. The molecule has 0 saturated heterocycles. The lowest BCUT2D eigenvalue weighted by atomic mass is 10.1. The van der Waals surface area contributed by atoms with Gasteiger partial charge in [-0.15, -0.1) is 12.4 Å². The number of halogens is 1. The van der Waals surface area contributed by atoms with Gasteiger partial charge in [0.15, 0.2) is 0 Å². The predicted molar refractivity (Wildman–Crippen MR) is 50.2 cm³/mol. The van der Waals surface area contributed by atoms with Crippen LogP contribution in [0.2, 0.25) is 0 Å². The molecule has 0 saturated carbocycles. The summed E-state index contributed by atoms with van der Waals surface area (Å²) in [6.45, 7) is 0. The van der Waals surface area contributed by atoms with Gasteiger partial charge in [0.25, 0.3) is 0 Å². The Morgan fingerprint density at radius 1 is 0.769 bits per heavy atom. The van der Waals surface area contributed by atoms with Crippen LogP contribution in [0, 0.1) is 0 Å². The van der Waals surface area contributed by atoms with Gasteiger partial charge in [-0.25, -0.2) is 0 Å². The van der Waals surface area contributed by atoms with Crippen LogP contribution in [0.15, 0.2) is 0 Å². The molecule has 0 bridgehead atoms. The molecule has 0 rings (SSSR count). The molecule has 0 aliphatic heterocycles. The molecule has 4 nitrogen and oxygen atoms in total. The molecule has 0 aromatic carbocycles. The summed E-state index contributed by atoms with van der Waals surface area (Å²) in [6.07, 6.45) is 3.28. The van der Waals surface area contributed by atoms with Crippen LogP contribution in [0.1, 0.15) is 38.5 Å². The quantitative estimate of drug-likeness (QED) is 0.630. The van der Waals surface area contributed by atoms with Gasteiger partial charge < -0.3 is 10.2 Å². The first kappa shape index (κ1) is 14.7. The Bertz CT molecular complexity index is 140. The molecule has 5 heteroatoms. The topological polar surface area (TPSA) is 74.6 Å². The van der Waals surface area contributed by atoms with E-state index in [0.717, 1.165) is 12.8 Å².